The van der Waals surface area contributed by atoms with Crippen LogP contribution in [0.2, 0.25) is 0 Å². The van der Waals surface area contributed by atoms with E-state index in [0.29, 0.717) is 11.3 Å². The molecule has 2 aromatic rings. The second-order valence-electron chi connectivity index (χ2n) is 5.58. The molecule has 138 valence electrons. The predicted molar refractivity (Wildman–Crippen MR) is 98.4 cm³/mol. The van der Waals surface area contributed by atoms with Crippen molar-refractivity contribution in [2.45, 2.75) is 13.8 Å². The van der Waals surface area contributed by atoms with Crippen LogP contribution in [0.4, 0.5) is 0 Å². The number of hydrogen-bond donors (Lipinski definition) is 2. The van der Waals surface area contributed by atoms with Crippen LogP contribution in [-0.4, -0.2) is 38.1 Å². The zero-order valence-electron chi connectivity index (χ0n) is 15.2. The van der Waals surface area contributed by atoms with Crippen LogP contribution >= 0.6 is 0 Å². The zero-order valence-corrected chi connectivity index (χ0v) is 15.2. The molecule has 7 nitrogen and oxygen atoms in total. The van der Waals surface area contributed by atoms with Crippen LogP contribution in [0.1, 0.15) is 16.7 Å². The lowest BCUT2D eigenvalue weighted by Gasteiger charge is -2.11. The number of rotatable bonds is 7. The maximum atomic E-state index is 11.9. The number of benzene rings is 2. The molecule has 0 bridgehead atoms. The number of para-hydroxylation sites is 1. The molecule has 1 amide bonds. The normalized spacial score (nSPS) is 10.6. The number of aromatic hydroxyl groups is 1. The highest BCUT2D eigenvalue weighted by atomic mass is 16.5. The predicted octanol–water partition coefficient (Wildman–Crippen LogP) is 2.56. The Morgan fingerprint density at radius 1 is 1.15 bits per heavy atom. The Kier molecular flexibility index (Phi) is 6.43. The van der Waals surface area contributed by atoms with Gasteiger partial charge in [0.25, 0.3) is 5.91 Å². The number of nitrogens with one attached hydrogen (secondary N) is 1. The van der Waals surface area contributed by atoms with Gasteiger partial charge in [-0.1, -0.05) is 18.2 Å². The SMILES string of the molecule is COc1cc(/C=N\NC(=O)COc2c(C)cccc2C)cc(OC)c1O. The van der Waals surface area contributed by atoms with Gasteiger partial charge in [0.1, 0.15) is 5.75 Å². The first-order valence-electron chi connectivity index (χ1n) is 7.92. The lowest BCUT2D eigenvalue weighted by Crippen LogP contribution is -2.25. The van der Waals surface area contributed by atoms with Gasteiger partial charge in [0.05, 0.1) is 20.4 Å². The lowest BCUT2D eigenvalue weighted by atomic mass is 10.1. The monoisotopic (exact) mass is 358 g/mol. The van der Waals surface area contributed by atoms with E-state index >= 15 is 0 Å². The highest BCUT2D eigenvalue weighted by Crippen LogP contribution is 2.36. The van der Waals surface area contributed by atoms with E-state index in [4.69, 9.17) is 14.2 Å². The van der Waals surface area contributed by atoms with Crippen molar-refractivity contribution in [1.29, 1.82) is 0 Å². The van der Waals surface area contributed by atoms with Crippen molar-refractivity contribution in [3.63, 3.8) is 0 Å². The van der Waals surface area contributed by atoms with E-state index in [1.54, 1.807) is 12.1 Å². The van der Waals surface area contributed by atoms with Crippen LogP contribution in [0, 0.1) is 13.8 Å². The second kappa shape index (κ2) is 8.75. The Bertz CT molecular complexity index is 772. The van der Waals surface area contributed by atoms with Crippen molar-refractivity contribution in [3.8, 4) is 23.0 Å². The van der Waals surface area contributed by atoms with Gasteiger partial charge in [0.2, 0.25) is 5.75 Å². The van der Waals surface area contributed by atoms with E-state index in [-0.39, 0.29) is 29.8 Å². The van der Waals surface area contributed by atoms with Crippen LogP contribution in [0.15, 0.2) is 35.4 Å². The van der Waals surface area contributed by atoms with E-state index < -0.39 is 0 Å². The molecule has 0 aliphatic carbocycles. The molecule has 0 heterocycles. The third-order valence-corrected chi connectivity index (χ3v) is 3.66. The molecule has 7 heteroatoms. The summed E-state index contributed by atoms with van der Waals surface area (Å²) >= 11 is 0. The summed E-state index contributed by atoms with van der Waals surface area (Å²) in [6.07, 6.45) is 1.42. The van der Waals surface area contributed by atoms with Gasteiger partial charge >= 0.3 is 0 Å². The molecule has 0 saturated heterocycles. The molecule has 0 aromatic heterocycles. The number of ether oxygens (including phenoxy) is 3. The van der Waals surface area contributed by atoms with Crippen LogP contribution in [0.25, 0.3) is 0 Å². The summed E-state index contributed by atoms with van der Waals surface area (Å²) in [5, 5.41) is 13.8. The van der Waals surface area contributed by atoms with Crippen molar-refractivity contribution in [3.05, 3.63) is 47.0 Å². The largest absolute Gasteiger partial charge is 0.502 e. The molecule has 26 heavy (non-hydrogen) atoms. The standard InChI is InChI=1S/C19H22N2O5/c1-12-6-5-7-13(2)19(12)26-11-17(22)21-20-10-14-8-15(24-3)18(23)16(9-14)25-4/h5-10,23H,11H2,1-4H3,(H,21,22)/b20-10-. The minimum Gasteiger partial charge on any atom is -0.502 e. The third-order valence-electron chi connectivity index (χ3n) is 3.66. The summed E-state index contributed by atoms with van der Waals surface area (Å²) in [5.41, 5.74) is 4.91. The number of hydrazone groups is 1. The maximum Gasteiger partial charge on any atom is 0.277 e. The van der Waals surface area contributed by atoms with E-state index in [1.165, 1.54) is 20.4 Å². The summed E-state index contributed by atoms with van der Waals surface area (Å²) in [7, 11) is 2.87. The zero-order chi connectivity index (χ0) is 19.1. The van der Waals surface area contributed by atoms with Crippen molar-refractivity contribution in [1.82, 2.24) is 5.43 Å². The van der Waals surface area contributed by atoms with Gasteiger partial charge in [0, 0.05) is 5.56 Å². The average Bonchev–Trinajstić information content (AvgIpc) is 2.62. The van der Waals surface area contributed by atoms with Gasteiger partial charge in [0.15, 0.2) is 18.1 Å². The van der Waals surface area contributed by atoms with E-state index in [0.717, 1.165) is 11.1 Å². The number of nitrogens with zero attached hydrogens (tertiary/aromatic N) is 1. The van der Waals surface area contributed by atoms with E-state index in [2.05, 4.69) is 10.5 Å². The molecule has 2 rings (SSSR count). The molecule has 2 aromatic carbocycles. The fourth-order valence-corrected chi connectivity index (χ4v) is 2.36. The quantitative estimate of drug-likeness (QED) is 0.586. The molecule has 0 atom stereocenters. The van der Waals surface area contributed by atoms with Crippen molar-refractivity contribution in [2.75, 3.05) is 20.8 Å². The summed E-state index contributed by atoms with van der Waals surface area (Å²) in [6.45, 7) is 3.69. The van der Waals surface area contributed by atoms with Crippen LogP contribution in [0.3, 0.4) is 0 Å². The number of phenols is 1. The minimum atomic E-state index is -0.387. The Labute approximate surface area is 152 Å². The van der Waals surface area contributed by atoms with Gasteiger partial charge in [-0.15, -0.1) is 0 Å². The summed E-state index contributed by atoms with van der Waals surface area (Å²) < 4.78 is 15.7. The summed E-state index contributed by atoms with van der Waals surface area (Å²) in [5.74, 6) is 0.699. The fourth-order valence-electron chi connectivity index (χ4n) is 2.36. The minimum absolute atomic E-state index is 0.0989. The van der Waals surface area contributed by atoms with Crippen LogP contribution in [0.5, 0.6) is 23.0 Å². The van der Waals surface area contributed by atoms with Gasteiger partial charge in [-0.2, -0.15) is 5.10 Å². The van der Waals surface area contributed by atoms with Crippen LogP contribution in [-0.2, 0) is 4.79 Å². The highest BCUT2D eigenvalue weighted by molar-refractivity contribution is 5.84. The Hall–Kier alpha value is -3.22. The number of phenolic OH excluding ortho intramolecular Hbond substituents is 1. The van der Waals surface area contributed by atoms with Crippen LogP contribution < -0.4 is 19.6 Å². The second-order valence-corrected chi connectivity index (χ2v) is 5.58. The first-order valence-corrected chi connectivity index (χ1v) is 7.92. The van der Waals surface area contributed by atoms with Gasteiger partial charge in [-0.25, -0.2) is 5.43 Å². The number of amides is 1. The smallest absolute Gasteiger partial charge is 0.277 e. The molecule has 0 aliphatic rings. The maximum absolute atomic E-state index is 11.9. The average molecular weight is 358 g/mol. The molecule has 0 radical (unpaired) electrons. The van der Waals surface area contributed by atoms with Gasteiger partial charge in [-0.05, 0) is 37.1 Å². The van der Waals surface area contributed by atoms with Crippen molar-refractivity contribution >= 4 is 12.1 Å². The number of carbonyl (C=O) groups is 1. The first kappa shape index (κ1) is 19.1. The molecule has 0 spiro atoms. The molecule has 0 fully saturated rings. The van der Waals surface area contributed by atoms with Gasteiger partial charge in [-0.3, -0.25) is 4.79 Å². The number of carbonyl (C=O) groups excluding carboxylic acids is 1. The molecular weight excluding hydrogens is 336 g/mol. The summed E-state index contributed by atoms with van der Waals surface area (Å²) in [4.78, 5) is 11.9. The topological polar surface area (TPSA) is 89.4 Å². The fraction of sp³-hybridized carbons (Fsp3) is 0.263. The van der Waals surface area contributed by atoms with E-state index in [9.17, 15) is 9.90 Å². The number of methoxy groups -OCH3 is 2. The Balaban J connectivity index is 1.97. The first-order chi connectivity index (χ1) is 12.5. The van der Waals surface area contributed by atoms with Crippen molar-refractivity contribution < 1.29 is 24.1 Å². The molecule has 0 saturated carbocycles. The number of aryl methyl sites for hydroxylation is 2. The van der Waals surface area contributed by atoms with Gasteiger partial charge < -0.3 is 19.3 Å². The van der Waals surface area contributed by atoms with Crippen molar-refractivity contribution in [2.24, 2.45) is 5.10 Å². The molecule has 0 aliphatic heterocycles. The third kappa shape index (κ3) is 4.66. The molecule has 0 unspecified atom stereocenters. The molecule has 2 N–H and O–H groups in total. The van der Waals surface area contributed by atoms with E-state index in [1.807, 2.05) is 32.0 Å². The number of hydrogen-bond acceptors (Lipinski definition) is 6. The molecular formula is C19H22N2O5. The lowest BCUT2D eigenvalue weighted by molar-refractivity contribution is -0.123. The highest BCUT2D eigenvalue weighted by Gasteiger charge is 2.10. The Morgan fingerprint density at radius 3 is 2.27 bits per heavy atom. The summed E-state index contributed by atoms with van der Waals surface area (Å²) in [6, 6.07) is 8.91. The Morgan fingerprint density at radius 2 is 1.73 bits per heavy atom.